The fourth-order valence-corrected chi connectivity index (χ4v) is 3.90. The normalized spacial score (nSPS) is 10.9. The van der Waals surface area contributed by atoms with Crippen molar-refractivity contribution >= 4 is 33.3 Å². The second kappa shape index (κ2) is 26.4. The van der Waals surface area contributed by atoms with Crippen LogP contribution in [0.25, 0.3) is 0 Å². The molecule has 0 saturated heterocycles. The van der Waals surface area contributed by atoms with Crippen molar-refractivity contribution in [3.05, 3.63) is 0 Å². The summed E-state index contributed by atoms with van der Waals surface area (Å²) in [4.78, 5) is 12.6. The molecule has 0 fully saturated rings. The van der Waals surface area contributed by atoms with Gasteiger partial charge in [0.15, 0.2) is 0 Å². The molecule has 0 aliphatic heterocycles. The fourth-order valence-electron chi connectivity index (χ4n) is 3.90. The van der Waals surface area contributed by atoms with Crippen LogP contribution in [0.15, 0.2) is 0 Å². The summed E-state index contributed by atoms with van der Waals surface area (Å²) in [6, 6.07) is 0. The Hall–Kier alpha value is 0.392. The first-order valence-corrected chi connectivity index (χ1v) is 12.9. The fraction of sp³-hybridized carbons (Fsp3) is 0.962. The molecule has 2 radical (unpaired) electrons. The summed E-state index contributed by atoms with van der Waals surface area (Å²) in [5.41, 5.74) is 0. The third-order valence-electron chi connectivity index (χ3n) is 5.89. The van der Waals surface area contributed by atoms with Crippen molar-refractivity contribution < 1.29 is 9.53 Å². The summed E-state index contributed by atoms with van der Waals surface area (Å²) in [5, 5.41) is 0. The molecular formula is C26H54O2Pb. The Balaban J connectivity index is 0. The van der Waals surface area contributed by atoms with Gasteiger partial charge in [-0.2, -0.15) is 0 Å². The second-order valence-electron chi connectivity index (χ2n) is 8.75. The predicted octanol–water partition coefficient (Wildman–Crippen LogP) is 8.09. The molecule has 0 aliphatic carbocycles. The van der Waals surface area contributed by atoms with Gasteiger partial charge in [-0.25, -0.2) is 0 Å². The molecule has 0 atom stereocenters. The van der Waals surface area contributed by atoms with Gasteiger partial charge in [0.05, 0.1) is 12.5 Å². The van der Waals surface area contributed by atoms with Crippen molar-refractivity contribution in [3.63, 3.8) is 0 Å². The van der Waals surface area contributed by atoms with E-state index in [-0.39, 0.29) is 39.2 Å². The van der Waals surface area contributed by atoms with Crippen LogP contribution in [0, 0.1) is 5.92 Å². The van der Waals surface area contributed by atoms with Gasteiger partial charge in [-0.3, -0.25) is 4.79 Å². The molecule has 3 heteroatoms. The molecule has 0 rings (SSSR count). The van der Waals surface area contributed by atoms with Crippen molar-refractivity contribution in [1.29, 1.82) is 0 Å². The molecule has 0 aliphatic rings. The topological polar surface area (TPSA) is 26.3 Å². The molecule has 0 amide bonds. The zero-order chi connectivity index (χ0) is 20.7. The number of rotatable bonds is 22. The van der Waals surface area contributed by atoms with Gasteiger partial charge in [0, 0.05) is 0 Å². The van der Waals surface area contributed by atoms with E-state index in [0.29, 0.717) is 6.61 Å². The van der Waals surface area contributed by atoms with Gasteiger partial charge in [0.25, 0.3) is 0 Å². The van der Waals surface area contributed by atoms with E-state index in [0.717, 1.165) is 19.3 Å². The zero-order valence-electron chi connectivity index (χ0n) is 20.5. The van der Waals surface area contributed by atoms with Crippen molar-refractivity contribution in [2.75, 3.05) is 6.61 Å². The first-order valence-electron chi connectivity index (χ1n) is 12.9. The van der Waals surface area contributed by atoms with Crippen LogP contribution >= 0.6 is 0 Å². The van der Waals surface area contributed by atoms with Crippen molar-refractivity contribution in [3.8, 4) is 0 Å². The quantitative estimate of drug-likeness (QED) is 0.0708. The number of ether oxygens (including phenoxy) is 1. The Morgan fingerprint density at radius 3 is 1.31 bits per heavy atom. The molecule has 2 nitrogen and oxygen atoms in total. The van der Waals surface area contributed by atoms with E-state index in [1.54, 1.807) is 0 Å². The minimum atomic E-state index is 0. The molecule has 29 heavy (non-hydrogen) atoms. The number of hydrogen-bond acceptors (Lipinski definition) is 2. The van der Waals surface area contributed by atoms with Gasteiger partial charge in [-0.15, -0.1) is 0 Å². The molecular weight excluding hydrogens is 551 g/mol. The first kappa shape index (κ1) is 31.6. The number of hydrogen-bond donors (Lipinski definition) is 0. The van der Waals surface area contributed by atoms with Crippen LogP contribution in [0.2, 0.25) is 0 Å². The van der Waals surface area contributed by atoms with Crippen LogP contribution in [-0.2, 0) is 9.53 Å². The summed E-state index contributed by atoms with van der Waals surface area (Å²) >= 11 is 0. The molecule has 0 N–H and O–H groups in total. The molecule has 0 spiro atoms. The Kier molecular flexibility index (Phi) is 28.8. The van der Waals surface area contributed by atoms with Crippen LogP contribution in [0.1, 0.15) is 149 Å². The zero-order valence-corrected chi connectivity index (χ0v) is 25.9. The predicted molar refractivity (Wildman–Crippen MR) is 132 cm³/mol. The average Bonchev–Trinajstić information content (AvgIpc) is 2.70. The van der Waals surface area contributed by atoms with Crippen LogP contribution in [0.5, 0.6) is 0 Å². The summed E-state index contributed by atoms with van der Waals surface area (Å²) in [6.07, 6.45) is 25.1. The number of carbonyl (C=O) groups excluding carboxylic acids is 1. The van der Waals surface area contributed by atoms with Crippen LogP contribution < -0.4 is 0 Å². The summed E-state index contributed by atoms with van der Waals surface area (Å²) in [5.74, 6) is 0.244. The van der Waals surface area contributed by atoms with Gasteiger partial charge in [0.2, 0.25) is 0 Å². The van der Waals surface area contributed by atoms with E-state index in [1.165, 1.54) is 109 Å². The Morgan fingerprint density at radius 2 is 0.897 bits per heavy atom. The number of esters is 1. The summed E-state index contributed by atoms with van der Waals surface area (Å²) < 4.78 is 5.66. The summed E-state index contributed by atoms with van der Waals surface area (Å²) in [6.45, 7) is 7.40. The van der Waals surface area contributed by atoms with Crippen molar-refractivity contribution in [1.82, 2.24) is 0 Å². The molecule has 0 heterocycles. The second-order valence-corrected chi connectivity index (χ2v) is 8.75. The van der Waals surface area contributed by atoms with Crippen LogP contribution in [-0.4, -0.2) is 39.9 Å². The summed E-state index contributed by atoms with van der Waals surface area (Å²) in [7, 11) is 0. The van der Waals surface area contributed by atoms with Gasteiger partial charge in [-0.1, -0.05) is 130 Å². The number of carbonyl (C=O) groups is 1. The van der Waals surface area contributed by atoms with Crippen molar-refractivity contribution in [2.24, 2.45) is 5.92 Å². The Morgan fingerprint density at radius 1 is 0.552 bits per heavy atom. The Bertz CT molecular complexity index is 304. The van der Waals surface area contributed by atoms with Gasteiger partial charge < -0.3 is 4.74 Å². The van der Waals surface area contributed by atoms with Crippen LogP contribution in [0.3, 0.4) is 0 Å². The third kappa shape index (κ3) is 22.9. The monoisotopic (exact) mass is 606 g/mol. The third-order valence-corrected chi connectivity index (χ3v) is 5.89. The van der Waals surface area contributed by atoms with Crippen LogP contribution in [0.4, 0.5) is 0 Å². The molecule has 0 aromatic rings. The van der Waals surface area contributed by atoms with Gasteiger partial charge in [0.1, 0.15) is 0 Å². The molecule has 0 saturated carbocycles. The molecule has 174 valence electrons. The number of unbranched alkanes of at least 4 members (excludes halogenated alkanes) is 15. The van der Waals surface area contributed by atoms with E-state index in [9.17, 15) is 4.79 Å². The maximum absolute atomic E-state index is 12.6. The van der Waals surface area contributed by atoms with Crippen molar-refractivity contribution in [2.45, 2.75) is 149 Å². The maximum atomic E-state index is 12.6. The molecule has 0 unspecified atom stereocenters. The first-order chi connectivity index (χ1) is 13.8. The van der Waals surface area contributed by atoms with Gasteiger partial charge >= 0.3 is 33.3 Å². The van der Waals surface area contributed by atoms with E-state index >= 15 is 0 Å². The van der Waals surface area contributed by atoms with E-state index in [1.807, 2.05) is 0 Å². The van der Waals surface area contributed by atoms with E-state index in [2.05, 4.69) is 20.8 Å². The van der Waals surface area contributed by atoms with Gasteiger partial charge in [-0.05, 0) is 19.3 Å². The molecule has 0 aromatic carbocycles. The standard InChI is InChI=1S/C26H52O2.Pb.2H/c1-4-7-10-13-16-19-22-25(23-20-17-14-11-8-5-2)26(27)28-24-21-18-15-12-9-6-3;;;/h25H,4-24H2,1-3H3;;;. The van der Waals surface area contributed by atoms with E-state index in [4.69, 9.17) is 4.74 Å². The van der Waals surface area contributed by atoms with E-state index < -0.39 is 0 Å². The molecule has 0 aromatic heterocycles. The molecule has 0 bridgehead atoms. The SMILES string of the molecule is CCCCCCCCOC(=O)C(CCCCCCCC)CCCCCCCC.[PbH2]. The average molecular weight is 606 g/mol. The minimum absolute atomic E-state index is 0. The Labute approximate surface area is 203 Å².